The number of nitrogens with one attached hydrogen (secondary N) is 1. The number of hydrogen-bond acceptors (Lipinski definition) is 6. The van der Waals surface area contributed by atoms with Crippen LogP contribution in [0.25, 0.3) is 0 Å². The van der Waals surface area contributed by atoms with Crippen LogP contribution >= 0.6 is 0 Å². The fourth-order valence-electron chi connectivity index (χ4n) is 6.02. The summed E-state index contributed by atoms with van der Waals surface area (Å²) in [5.41, 5.74) is -0.634. The van der Waals surface area contributed by atoms with Crippen molar-refractivity contribution in [3.05, 3.63) is 59.3 Å². The molecule has 40 heavy (non-hydrogen) atoms. The summed E-state index contributed by atoms with van der Waals surface area (Å²) in [5.74, 6) is -2.11. The number of hydrogen-bond donors (Lipinski definition) is 2. The van der Waals surface area contributed by atoms with Gasteiger partial charge in [-0.05, 0) is 36.3 Å². The standard InChI is InChI=1S/C29H36F3N3O5/c1-28(2,3)21-22(33-15-18-14-19(29(30,31)32)16-34-25(18)39-4)23(17-10-6-5-7-11-17)35(24(21)27(37)38)26(36)20-12-8-9-13-40-20/h5-7,10-11,14,16,20-24,33H,8-9,12-13,15H2,1-4H3,(H,37,38)/t20-,21-,22-,23-,24-/m0/s1. The number of carboxylic acid groups (broad SMARTS) is 1. The molecule has 11 heteroatoms. The van der Waals surface area contributed by atoms with Gasteiger partial charge in [-0.3, -0.25) is 4.79 Å². The van der Waals surface area contributed by atoms with E-state index in [1.165, 1.54) is 12.0 Å². The van der Waals surface area contributed by atoms with E-state index < -0.39 is 59.2 Å². The molecule has 1 aromatic carbocycles. The van der Waals surface area contributed by atoms with Crippen LogP contribution in [0.1, 0.15) is 62.8 Å². The number of nitrogens with zero attached hydrogens (tertiary/aromatic N) is 2. The topological polar surface area (TPSA) is 101 Å². The molecule has 4 rings (SSSR count). The number of carbonyl (C=O) groups is 2. The molecule has 0 aliphatic carbocycles. The molecule has 2 N–H and O–H groups in total. The van der Waals surface area contributed by atoms with E-state index in [0.717, 1.165) is 24.5 Å². The molecule has 1 amide bonds. The van der Waals surface area contributed by atoms with Gasteiger partial charge in [-0.25, -0.2) is 9.78 Å². The molecule has 5 atom stereocenters. The molecular formula is C29H36F3N3O5. The lowest BCUT2D eigenvalue weighted by molar-refractivity contribution is -0.159. The number of ether oxygens (including phenoxy) is 2. The Kier molecular flexibility index (Phi) is 8.75. The smallest absolute Gasteiger partial charge is 0.417 e. The van der Waals surface area contributed by atoms with Crippen molar-refractivity contribution < 1.29 is 37.3 Å². The van der Waals surface area contributed by atoms with Crippen molar-refractivity contribution >= 4 is 11.9 Å². The van der Waals surface area contributed by atoms with Gasteiger partial charge in [0.2, 0.25) is 5.88 Å². The fourth-order valence-corrected chi connectivity index (χ4v) is 6.02. The Morgan fingerprint density at radius 3 is 2.42 bits per heavy atom. The number of aliphatic carboxylic acids is 1. The molecule has 0 unspecified atom stereocenters. The minimum atomic E-state index is -4.60. The summed E-state index contributed by atoms with van der Waals surface area (Å²) < 4.78 is 51.5. The van der Waals surface area contributed by atoms with E-state index in [0.29, 0.717) is 19.2 Å². The zero-order chi connectivity index (χ0) is 29.2. The van der Waals surface area contributed by atoms with E-state index in [4.69, 9.17) is 9.47 Å². The van der Waals surface area contributed by atoms with Crippen molar-refractivity contribution in [2.24, 2.45) is 11.3 Å². The van der Waals surface area contributed by atoms with E-state index in [1.807, 2.05) is 51.1 Å². The minimum absolute atomic E-state index is 0.0281. The molecular weight excluding hydrogens is 527 g/mol. The quantitative estimate of drug-likeness (QED) is 0.498. The van der Waals surface area contributed by atoms with Gasteiger partial charge < -0.3 is 24.8 Å². The number of amides is 1. The lowest BCUT2D eigenvalue weighted by Gasteiger charge is -2.36. The molecule has 0 bridgehead atoms. The van der Waals surface area contributed by atoms with Gasteiger partial charge >= 0.3 is 12.1 Å². The molecule has 0 radical (unpaired) electrons. The van der Waals surface area contributed by atoms with Gasteiger partial charge in [-0.15, -0.1) is 0 Å². The van der Waals surface area contributed by atoms with Gasteiger partial charge in [0, 0.05) is 36.9 Å². The number of alkyl halides is 3. The zero-order valence-corrected chi connectivity index (χ0v) is 23.1. The Morgan fingerprint density at radius 2 is 1.88 bits per heavy atom. The number of methoxy groups -OCH3 is 1. The van der Waals surface area contributed by atoms with E-state index in [9.17, 15) is 27.9 Å². The third kappa shape index (κ3) is 6.10. The van der Waals surface area contributed by atoms with Crippen LogP contribution in [0.3, 0.4) is 0 Å². The Hall–Kier alpha value is -3.18. The van der Waals surface area contributed by atoms with Crippen LogP contribution in [0, 0.1) is 11.3 Å². The summed E-state index contributed by atoms with van der Waals surface area (Å²) in [5, 5.41) is 13.9. The number of carbonyl (C=O) groups excluding carboxylic acids is 1. The van der Waals surface area contributed by atoms with Gasteiger partial charge in [-0.2, -0.15) is 13.2 Å². The molecule has 0 spiro atoms. The maximum atomic E-state index is 14.0. The number of likely N-dealkylation sites (tertiary alicyclic amines) is 1. The van der Waals surface area contributed by atoms with Gasteiger partial charge in [0.1, 0.15) is 12.1 Å². The fraction of sp³-hybridized carbons (Fsp3) is 0.552. The third-order valence-corrected chi connectivity index (χ3v) is 7.74. The predicted molar refractivity (Wildman–Crippen MR) is 140 cm³/mol. The average Bonchev–Trinajstić information content (AvgIpc) is 3.28. The van der Waals surface area contributed by atoms with Crippen LogP contribution in [0.2, 0.25) is 0 Å². The molecule has 1 aromatic heterocycles. The average molecular weight is 564 g/mol. The predicted octanol–water partition coefficient (Wildman–Crippen LogP) is 4.84. The van der Waals surface area contributed by atoms with Crippen molar-refractivity contribution in [1.29, 1.82) is 0 Å². The Bertz CT molecular complexity index is 1200. The Morgan fingerprint density at radius 1 is 1.18 bits per heavy atom. The van der Waals surface area contributed by atoms with Crippen molar-refractivity contribution in [2.45, 2.75) is 77.0 Å². The maximum Gasteiger partial charge on any atom is 0.417 e. The number of pyridine rings is 1. The van der Waals surface area contributed by atoms with Crippen molar-refractivity contribution in [3.63, 3.8) is 0 Å². The number of halogens is 3. The highest BCUT2D eigenvalue weighted by molar-refractivity contribution is 5.88. The summed E-state index contributed by atoms with van der Waals surface area (Å²) >= 11 is 0. The number of aromatic nitrogens is 1. The maximum absolute atomic E-state index is 14.0. The molecule has 2 aliphatic rings. The van der Waals surface area contributed by atoms with E-state index in [1.54, 1.807) is 0 Å². The van der Waals surface area contributed by atoms with Crippen LogP contribution in [-0.2, 0) is 27.0 Å². The monoisotopic (exact) mass is 563 g/mol. The highest BCUT2D eigenvalue weighted by Crippen LogP contribution is 2.49. The second-order valence-electron chi connectivity index (χ2n) is 11.4. The van der Waals surface area contributed by atoms with Gasteiger partial charge in [0.05, 0.1) is 18.7 Å². The molecule has 2 fully saturated rings. The van der Waals surface area contributed by atoms with Crippen molar-refractivity contribution in [2.75, 3.05) is 13.7 Å². The van der Waals surface area contributed by atoms with Crippen LogP contribution in [0.5, 0.6) is 5.88 Å². The summed E-state index contributed by atoms with van der Waals surface area (Å²) in [4.78, 5) is 32.2. The Labute approximate surface area is 231 Å². The van der Waals surface area contributed by atoms with E-state index in [-0.39, 0.29) is 18.0 Å². The molecule has 8 nitrogen and oxygen atoms in total. The normalized spacial score (nSPS) is 25.6. The van der Waals surface area contributed by atoms with Gasteiger partial charge in [-0.1, -0.05) is 51.1 Å². The summed E-state index contributed by atoms with van der Waals surface area (Å²) in [6.45, 7) is 6.05. The van der Waals surface area contributed by atoms with Crippen molar-refractivity contribution in [1.82, 2.24) is 15.2 Å². The second kappa shape index (κ2) is 11.7. The Balaban J connectivity index is 1.81. The van der Waals surface area contributed by atoms with Crippen LogP contribution < -0.4 is 10.1 Å². The third-order valence-electron chi connectivity index (χ3n) is 7.74. The summed E-state index contributed by atoms with van der Waals surface area (Å²) in [6.07, 6.45) is -2.52. The first-order valence-electron chi connectivity index (χ1n) is 13.4. The van der Waals surface area contributed by atoms with Gasteiger partial charge in [0.25, 0.3) is 5.91 Å². The molecule has 218 valence electrons. The van der Waals surface area contributed by atoms with Gasteiger partial charge in [0.15, 0.2) is 0 Å². The minimum Gasteiger partial charge on any atom is -0.481 e. The number of benzene rings is 1. The molecule has 2 saturated heterocycles. The van der Waals surface area contributed by atoms with Crippen molar-refractivity contribution in [3.8, 4) is 5.88 Å². The number of rotatable bonds is 7. The zero-order valence-electron chi connectivity index (χ0n) is 23.1. The lowest BCUT2D eigenvalue weighted by atomic mass is 9.72. The summed E-state index contributed by atoms with van der Waals surface area (Å²) in [7, 11) is 1.32. The second-order valence-corrected chi connectivity index (χ2v) is 11.4. The largest absolute Gasteiger partial charge is 0.481 e. The highest BCUT2D eigenvalue weighted by atomic mass is 19.4. The molecule has 2 aliphatic heterocycles. The first-order chi connectivity index (χ1) is 18.8. The van der Waals surface area contributed by atoms with Crippen LogP contribution in [0.4, 0.5) is 13.2 Å². The SMILES string of the molecule is COc1ncc(C(F)(F)F)cc1CN[C@H]1[C@H](C(C)(C)C)[C@@H](C(=O)O)N(C(=O)[C@@H]2CCCCO2)[C@H]1c1ccccc1. The first kappa shape index (κ1) is 29.8. The number of carboxylic acids is 1. The first-order valence-corrected chi connectivity index (χ1v) is 13.4. The van der Waals surface area contributed by atoms with E-state index >= 15 is 0 Å². The molecule has 2 aromatic rings. The molecule has 0 saturated carbocycles. The van der Waals surface area contributed by atoms with Crippen LogP contribution in [0.15, 0.2) is 42.6 Å². The summed E-state index contributed by atoms with van der Waals surface area (Å²) in [6, 6.07) is 7.55. The molecule has 3 heterocycles. The van der Waals surface area contributed by atoms with E-state index in [2.05, 4.69) is 10.3 Å². The highest BCUT2D eigenvalue weighted by Gasteiger charge is 2.58. The lowest BCUT2D eigenvalue weighted by Crippen LogP contribution is -2.51. The van der Waals surface area contributed by atoms with Crippen LogP contribution in [-0.4, -0.2) is 58.8 Å².